The molecule has 0 aliphatic carbocycles. The maximum Gasteiger partial charge on any atom is 0.307 e. The van der Waals surface area contributed by atoms with Gasteiger partial charge in [-0.25, -0.2) is 13.2 Å². The molecule has 3 N–H and O–H groups in total. The zero-order chi connectivity index (χ0) is 16.7. The lowest BCUT2D eigenvalue weighted by Gasteiger charge is -2.19. The van der Waals surface area contributed by atoms with E-state index < -0.39 is 29.3 Å². The third-order valence-corrected chi connectivity index (χ3v) is 4.01. The van der Waals surface area contributed by atoms with Crippen molar-refractivity contribution in [1.29, 1.82) is 0 Å². The SMILES string of the molecule is CCC(CCCc1c(F)ccc(F)c1F)CC(CN)C(=O)O. The molecule has 0 aliphatic rings. The van der Waals surface area contributed by atoms with E-state index in [4.69, 9.17) is 10.8 Å². The quantitative estimate of drug-likeness (QED) is 0.685. The van der Waals surface area contributed by atoms with Crippen molar-refractivity contribution < 1.29 is 23.1 Å². The van der Waals surface area contributed by atoms with E-state index in [1.54, 1.807) is 0 Å². The van der Waals surface area contributed by atoms with Crippen LogP contribution in [0.15, 0.2) is 12.1 Å². The molecule has 0 aromatic heterocycles. The molecule has 2 unspecified atom stereocenters. The monoisotopic (exact) mass is 317 g/mol. The Bertz CT molecular complexity index is 508. The summed E-state index contributed by atoms with van der Waals surface area (Å²) in [5.74, 6) is -4.37. The lowest BCUT2D eigenvalue weighted by molar-refractivity contribution is -0.142. The zero-order valence-corrected chi connectivity index (χ0v) is 12.6. The first-order valence-electron chi connectivity index (χ1n) is 7.45. The van der Waals surface area contributed by atoms with Crippen molar-refractivity contribution in [1.82, 2.24) is 0 Å². The average Bonchev–Trinajstić information content (AvgIpc) is 2.49. The van der Waals surface area contributed by atoms with E-state index in [9.17, 15) is 18.0 Å². The molecule has 0 bridgehead atoms. The molecule has 1 aromatic rings. The highest BCUT2D eigenvalue weighted by molar-refractivity contribution is 5.70. The van der Waals surface area contributed by atoms with Gasteiger partial charge in [0.25, 0.3) is 0 Å². The van der Waals surface area contributed by atoms with E-state index in [0.29, 0.717) is 19.3 Å². The number of benzene rings is 1. The summed E-state index contributed by atoms with van der Waals surface area (Å²) in [6.45, 7) is 2.00. The fourth-order valence-corrected chi connectivity index (χ4v) is 2.55. The summed E-state index contributed by atoms with van der Waals surface area (Å²) in [5.41, 5.74) is 5.18. The third kappa shape index (κ3) is 5.02. The van der Waals surface area contributed by atoms with Crippen molar-refractivity contribution in [2.75, 3.05) is 6.54 Å². The number of carboxylic acid groups (broad SMARTS) is 1. The van der Waals surface area contributed by atoms with E-state index in [2.05, 4.69) is 0 Å². The summed E-state index contributed by atoms with van der Waals surface area (Å²) < 4.78 is 40.1. The van der Waals surface area contributed by atoms with E-state index in [0.717, 1.165) is 18.6 Å². The minimum Gasteiger partial charge on any atom is -0.481 e. The van der Waals surface area contributed by atoms with Gasteiger partial charge in [-0.15, -0.1) is 0 Å². The molecule has 3 nitrogen and oxygen atoms in total. The summed E-state index contributed by atoms with van der Waals surface area (Å²) >= 11 is 0. The number of hydrogen-bond acceptors (Lipinski definition) is 2. The molecule has 0 saturated heterocycles. The van der Waals surface area contributed by atoms with Crippen LogP contribution in [0.2, 0.25) is 0 Å². The first-order chi connectivity index (χ1) is 10.4. The average molecular weight is 317 g/mol. The van der Waals surface area contributed by atoms with Crippen molar-refractivity contribution in [3.8, 4) is 0 Å². The molecule has 124 valence electrons. The van der Waals surface area contributed by atoms with Gasteiger partial charge in [0.1, 0.15) is 5.82 Å². The van der Waals surface area contributed by atoms with Gasteiger partial charge in [0.15, 0.2) is 11.6 Å². The van der Waals surface area contributed by atoms with Crippen molar-refractivity contribution in [3.05, 3.63) is 35.1 Å². The molecule has 0 fully saturated rings. The second-order valence-corrected chi connectivity index (χ2v) is 5.49. The van der Waals surface area contributed by atoms with Gasteiger partial charge in [0, 0.05) is 12.1 Å². The predicted molar refractivity (Wildman–Crippen MR) is 77.8 cm³/mol. The first-order valence-corrected chi connectivity index (χ1v) is 7.45. The van der Waals surface area contributed by atoms with Crippen LogP contribution in [0.5, 0.6) is 0 Å². The number of rotatable bonds is 9. The number of nitrogens with two attached hydrogens (primary N) is 1. The van der Waals surface area contributed by atoms with Crippen LogP contribution in [0.3, 0.4) is 0 Å². The Morgan fingerprint density at radius 2 is 1.91 bits per heavy atom. The lowest BCUT2D eigenvalue weighted by atomic mass is 9.88. The van der Waals surface area contributed by atoms with Crippen LogP contribution in [0, 0.1) is 29.3 Å². The maximum atomic E-state index is 13.5. The highest BCUT2D eigenvalue weighted by atomic mass is 19.2. The van der Waals surface area contributed by atoms with E-state index in [1.165, 1.54) is 0 Å². The molecule has 0 heterocycles. The van der Waals surface area contributed by atoms with Gasteiger partial charge in [-0.2, -0.15) is 0 Å². The Morgan fingerprint density at radius 3 is 2.45 bits per heavy atom. The van der Waals surface area contributed by atoms with E-state index in [1.807, 2.05) is 6.92 Å². The highest BCUT2D eigenvalue weighted by Crippen LogP contribution is 2.24. The Morgan fingerprint density at radius 1 is 1.27 bits per heavy atom. The molecule has 0 aliphatic heterocycles. The van der Waals surface area contributed by atoms with Crippen LogP contribution < -0.4 is 5.73 Å². The van der Waals surface area contributed by atoms with E-state index in [-0.39, 0.29) is 24.4 Å². The molecular weight excluding hydrogens is 295 g/mol. The Kier molecular flexibility index (Phi) is 7.38. The van der Waals surface area contributed by atoms with Crippen LogP contribution in [0.4, 0.5) is 13.2 Å². The van der Waals surface area contributed by atoms with Crippen LogP contribution in [-0.4, -0.2) is 17.6 Å². The topological polar surface area (TPSA) is 63.3 Å². The molecule has 6 heteroatoms. The van der Waals surface area contributed by atoms with Gasteiger partial charge in [-0.05, 0) is 37.3 Å². The fraction of sp³-hybridized carbons (Fsp3) is 0.562. The zero-order valence-electron chi connectivity index (χ0n) is 12.6. The van der Waals surface area contributed by atoms with E-state index >= 15 is 0 Å². The summed E-state index contributed by atoms with van der Waals surface area (Å²) in [7, 11) is 0. The van der Waals surface area contributed by atoms with Crippen LogP contribution in [-0.2, 0) is 11.2 Å². The normalized spacial score (nSPS) is 13.9. The van der Waals surface area contributed by atoms with Gasteiger partial charge in [0.05, 0.1) is 5.92 Å². The number of aliphatic carboxylic acids is 1. The first kappa shape index (κ1) is 18.5. The molecule has 1 rings (SSSR count). The fourth-order valence-electron chi connectivity index (χ4n) is 2.55. The maximum absolute atomic E-state index is 13.5. The van der Waals surface area contributed by atoms with Gasteiger partial charge in [-0.3, -0.25) is 4.79 Å². The standard InChI is InChI=1S/C16H22F3NO2/c1-2-10(8-11(9-20)16(21)22)4-3-5-12-13(17)6-7-14(18)15(12)19/h6-7,10-11H,2-5,8-9,20H2,1H3,(H,21,22). The van der Waals surface area contributed by atoms with Gasteiger partial charge in [0.2, 0.25) is 0 Å². The second-order valence-electron chi connectivity index (χ2n) is 5.49. The molecule has 0 saturated carbocycles. The summed E-state index contributed by atoms with van der Waals surface area (Å²) in [4.78, 5) is 11.0. The second kappa shape index (κ2) is 8.78. The molecular formula is C16H22F3NO2. The summed E-state index contributed by atoms with van der Waals surface area (Å²) in [5, 5.41) is 9.00. The molecule has 0 amide bonds. The number of carbonyl (C=O) groups is 1. The van der Waals surface area contributed by atoms with Gasteiger partial charge >= 0.3 is 5.97 Å². The minimum atomic E-state index is -1.14. The Hall–Kier alpha value is -1.56. The third-order valence-electron chi connectivity index (χ3n) is 4.01. The predicted octanol–water partition coefficient (Wildman–Crippen LogP) is 3.50. The smallest absolute Gasteiger partial charge is 0.307 e. The number of halogens is 3. The van der Waals surface area contributed by atoms with Crippen LogP contribution >= 0.6 is 0 Å². The Labute approximate surface area is 128 Å². The van der Waals surface area contributed by atoms with Crippen LogP contribution in [0.25, 0.3) is 0 Å². The van der Waals surface area contributed by atoms with Crippen LogP contribution in [0.1, 0.15) is 38.2 Å². The van der Waals surface area contributed by atoms with Crippen molar-refractivity contribution >= 4 is 5.97 Å². The summed E-state index contributed by atoms with van der Waals surface area (Å²) in [6, 6.07) is 1.68. The number of hydrogen-bond donors (Lipinski definition) is 2. The highest BCUT2D eigenvalue weighted by Gasteiger charge is 2.21. The molecule has 0 radical (unpaired) electrons. The van der Waals surface area contributed by atoms with Crippen molar-refractivity contribution in [2.24, 2.45) is 17.6 Å². The summed E-state index contributed by atoms with van der Waals surface area (Å²) in [6.07, 6.45) is 2.38. The Balaban J connectivity index is 2.58. The van der Waals surface area contributed by atoms with Gasteiger partial charge in [-0.1, -0.05) is 19.8 Å². The minimum absolute atomic E-state index is 0.0684. The molecule has 1 aromatic carbocycles. The van der Waals surface area contributed by atoms with Crippen molar-refractivity contribution in [3.63, 3.8) is 0 Å². The largest absolute Gasteiger partial charge is 0.481 e. The molecule has 2 atom stereocenters. The van der Waals surface area contributed by atoms with Gasteiger partial charge < -0.3 is 10.8 Å². The van der Waals surface area contributed by atoms with Crippen molar-refractivity contribution in [2.45, 2.75) is 39.0 Å². The lowest BCUT2D eigenvalue weighted by Crippen LogP contribution is -2.25. The molecule has 22 heavy (non-hydrogen) atoms. The molecule has 0 spiro atoms. The number of carboxylic acids is 1.